The van der Waals surface area contributed by atoms with Crippen LogP contribution >= 0.6 is 0 Å². The van der Waals surface area contributed by atoms with E-state index >= 15 is 0 Å². The highest BCUT2D eigenvalue weighted by atomic mass is 16.3. The highest BCUT2D eigenvalue weighted by Gasteiger charge is 2.32. The number of oxazole rings is 1. The van der Waals surface area contributed by atoms with Crippen LogP contribution in [-0.4, -0.2) is 28.1 Å². The van der Waals surface area contributed by atoms with Gasteiger partial charge in [-0.25, -0.2) is 4.98 Å². The minimum atomic E-state index is -0.774. The van der Waals surface area contributed by atoms with Crippen molar-refractivity contribution >= 4 is 5.91 Å². The molecule has 3 rings (SSSR count). The van der Waals surface area contributed by atoms with Crippen molar-refractivity contribution in [3.63, 3.8) is 0 Å². The Balaban J connectivity index is 1.73. The van der Waals surface area contributed by atoms with Crippen LogP contribution in [0.5, 0.6) is 0 Å². The van der Waals surface area contributed by atoms with Gasteiger partial charge in [0.1, 0.15) is 0 Å². The molecule has 22 heavy (non-hydrogen) atoms. The molecule has 1 aliphatic carbocycles. The molecule has 116 valence electrons. The van der Waals surface area contributed by atoms with Crippen molar-refractivity contribution in [3.05, 3.63) is 41.9 Å². The third-order valence-corrected chi connectivity index (χ3v) is 4.21. The number of benzene rings is 1. The lowest BCUT2D eigenvalue weighted by atomic mass is 10.0. The Morgan fingerprint density at radius 2 is 2.00 bits per heavy atom. The van der Waals surface area contributed by atoms with Crippen molar-refractivity contribution in [3.8, 4) is 11.3 Å². The van der Waals surface area contributed by atoms with Gasteiger partial charge < -0.3 is 14.8 Å². The van der Waals surface area contributed by atoms with Crippen LogP contribution in [0.15, 0.2) is 35.1 Å². The van der Waals surface area contributed by atoms with E-state index in [0.29, 0.717) is 5.76 Å². The van der Waals surface area contributed by atoms with Crippen molar-refractivity contribution in [1.82, 2.24) is 10.3 Å². The van der Waals surface area contributed by atoms with Gasteiger partial charge in [0.15, 0.2) is 17.8 Å². The molecule has 1 saturated carbocycles. The molecular weight excluding hydrogens is 280 g/mol. The van der Waals surface area contributed by atoms with Crippen LogP contribution in [0.1, 0.15) is 41.7 Å². The second-order valence-electron chi connectivity index (χ2n) is 6.01. The smallest absolute Gasteiger partial charge is 0.274 e. The zero-order valence-electron chi connectivity index (χ0n) is 12.6. The van der Waals surface area contributed by atoms with Crippen LogP contribution in [0.2, 0.25) is 0 Å². The van der Waals surface area contributed by atoms with Crippen LogP contribution < -0.4 is 5.32 Å². The fourth-order valence-electron chi connectivity index (χ4n) is 2.86. The zero-order chi connectivity index (χ0) is 15.6. The van der Waals surface area contributed by atoms with Crippen LogP contribution in [0.4, 0.5) is 0 Å². The normalized spacial score (nSPS) is 16.6. The van der Waals surface area contributed by atoms with E-state index in [0.717, 1.165) is 36.8 Å². The summed E-state index contributed by atoms with van der Waals surface area (Å²) >= 11 is 0. The first-order valence-electron chi connectivity index (χ1n) is 7.58. The van der Waals surface area contributed by atoms with E-state index in [-0.39, 0.29) is 18.1 Å². The molecule has 1 amide bonds. The number of hydrogen-bond acceptors (Lipinski definition) is 4. The molecule has 5 heteroatoms. The number of carbonyl (C=O) groups is 1. The standard InChI is InChI=1S/C17H20N2O3/c1-12-4-6-13(7-5-12)15-14(19-11-22-15)16(20)18-10-17(21)8-2-3-9-17/h4-7,11,21H,2-3,8-10H2,1H3,(H,18,20). The first-order chi connectivity index (χ1) is 10.6. The van der Waals surface area contributed by atoms with Gasteiger partial charge >= 0.3 is 0 Å². The van der Waals surface area contributed by atoms with E-state index in [4.69, 9.17) is 4.42 Å². The monoisotopic (exact) mass is 300 g/mol. The van der Waals surface area contributed by atoms with Crippen molar-refractivity contribution in [2.45, 2.75) is 38.2 Å². The van der Waals surface area contributed by atoms with Gasteiger partial charge in [-0.1, -0.05) is 42.7 Å². The summed E-state index contributed by atoms with van der Waals surface area (Å²) in [6.45, 7) is 2.26. The Kier molecular flexibility index (Phi) is 3.98. The van der Waals surface area contributed by atoms with Crippen molar-refractivity contribution in [1.29, 1.82) is 0 Å². The molecule has 1 fully saturated rings. The van der Waals surface area contributed by atoms with Crippen LogP contribution in [0.25, 0.3) is 11.3 Å². The molecular formula is C17H20N2O3. The first-order valence-corrected chi connectivity index (χ1v) is 7.58. The SMILES string of the molecule is Cc1ccc(-c2ocnc2C(=O)NCC2(O)CCCC2)cc1. The number of nitrogens with zero attached hydrogens (tertiary/aromatic N) is 1. The molecule has 2 aromatic rings. The Hall–Kier alpha value is -2.14. The maximum atomic E-state index is 12.3. The summed E-state index contributed by atoms with van der Waals surface area (Å²) in [6.07, 6.45) is 4.75. The highest BCUT2D eigenvalue weighted by Crippen LogP contribution is 2.29. The molecule has 1 heterocycles. The number of hydrogen-bond donors (Lipinski definition) is 2. The predicted octanol–water partition coefficient (Wildman–Crippen LogP) is 2.68. The summed E-state index contributed by atoms with van der Waals surface area (Å²) in [5.74, 6) is 0.139. The van der Waals surface area contributed by atoms with Crippen molar-refractivity contribution in [2.24, 2.45) is 0 Å². The van der Waals surface area contributed by atoms with Crippen LogP contribution in [-0.2, 0) is 0 Å². The lowest BCUT2D eigenvalue weighted by Crippen LogP contribution is -2.41. The predicted molar refractivity (Wildman–Crippen MR) is 82.4 cm³/mol. The summed E-state index contributed by atoms with van der Waals surface area (Å²) < 4.78 is 5.37. The molecule has 1 aliphatic rings. The summed E-state index contributed by atoms with van der Waals surface area (Å²) in [5.41, 5.74) is 1.43. The molecule has 0 bridgehead atoms. The number of amides is 1. The maximum Gasteiger partial charge on any atom is 0.274 e. The maximum absolute atomic E-state index is 12.3. The van der Waals surface area contributed by atoms with E-state index in [1.165, 1.54) is 6.39 Å². The van der Waals surface area contributed by atoms with E-state index in [1.54, 1.807) is 0 Å². The zero-order valence-corrected chi connectivity index (χ0v) is 12.6. The number of aryl methyl sites for hydroxylation is 1. The van der Waals surface area contributed by atoms with Gasteiger partial charge in [-0.15, -0.1) is 0 Å². The Morgan fingerprint density at radius 1 is 1.32 bits per heavy atom. The third kappa shape index (κ3) is 3.04. The minimum Gasteiger partial charge on any atom is -0.443 e. The van der Waals surface area contributed by atoms with Gasteiger partial charge in [-0.3, -0.25) is 4.79 Å². The number of nitrogens with one attached hydrogen (secondary N) is 1. The second-order valence-corrected chi connectivity index (χ2v) is 6.01. The van der Waals surface area contributed by atoms with E-state index in [1.807, 2.05) is 31.2 Å². The molecule has 0 radical (unpaired) electrons. The quantitative estimate of drug-likeness (QED) is 0.910. The highest BCUT2D eigenvalue weighted by molar-refractivity contribution is 5.97. The summed E-state index contributed by atoms with van der Waals surface area (Å²) in [5, 5.41) is 13.1. The lowest BCUT2D eigenvalue weighted by molar-refractivity contribution is 0.0449. The summed E-state index contributed by atoms with van der Waals surface area (Å²) in [6, 6.07) is 7.72. The fourth-order valence-corrected chi connectivity index (χ4v) is 2.86. The summed E-state index contributed by atoms with van der Waals surface area (Å²) in [4.78, 5) is 16.3. The van der Waals surface area contributed by atoms with Crippen LogP contribution in [0, 0.1) is 6.92 Å². The molecule has 0 aliphatic heterocycles. The molecule has 1 aromatic carbocycles. The molecule has 0 saturated heterocycles. The number of carbonyl (C=O) groups excluding carboxylic acids is 1. The Morgan fingerprint density at radius 3 is 2.68 bits per heavy atom. The van der Waals surface area contributed by atoms with Gasteiger partial charge in [0.25, 0.3) is 5.91 Å². The average molecular weight is 300 g/mol. The van der Waals surface area contributed by atoms with E-state index in [2.05, 4.69) is 10.3 Å². The first kappa shape index (κ1) is 14.8. The average Bonchev–Trinajstić information content (AvgIpc) is 3.15. The summed E-state index contributed by atoms with van der Waals surface area (Å²) in [7, 11) is 0. The lowest BCUT2D eigenvalue weighted by Gasteiger charge is -2.22. The molecule has 0 atom stereocenters. The van der Waals surface area contributed by atoms with Crippen LogP contribution in [0.3, 0.4) is 0 Å². The number of aromatic nitrogens is 1. The Labute approximate surface area is 129 Å². The minimum absolute atomic E-state index is 0.255. The van der Waals surface area contributed by atoms with E-state index < -0.39 is 5.60 Å². The molecule has 1 aromatic heterocycles. The van der Waals surface area contributed by atoms with E-state index in [9.17, 15) is 9.90 Å². The van der Waals surface area contributed by atoms with Gasteiger partial charge in [0.2, 0.25) is 0 Å². The molecule has 2 N–H and O–H groups in total. The van der Waals surface area contributed by atoms with Gasteiger partial charge in [-0.05, 0) is 19.8 Å². The van der Waals surface area contributed by atoms with Crippen molar-refractivity contribution < 1.29 is 14.3 Å². The third-order valence-electron chi connectivity index (χ3n) is 4.21. The van der Waals surface area contributed by atoms with Gasteiger partial charge in [0, 0.05) is 12.1 Å². The van der Waals surface area contributed by atoms with Crippen molar-refractivity contribution in [2.75, 3.05) is 6.54 Å². The van der Waals surface area contributed by atoms with Gasteiger partial charge in [-0.2, -0.15) is 0 Å². The second kappa shape index (κ2) is 5.93. The largest absolute Gasteiger partial charge is 0.443 e. The molecule has 0 unspecified atom stereocenters. The number of rotatable bonds is 4. The molecule has 5 nitrogen and oxygen atoms in total. The number of aliphatic hydroxyl groups is 1. The fraction of sp³-hybridized carbons (Fsp3) is 0.412. The topological polar surface area (TPSA) is 75.4 Å². The molecule has 0 spiro atoms. The van der Waals surface area contributed by atoms with Gasteiger partial charge in [0.05, 0.1) is 5.60 Å². The Bertz CT molecular complexity index is 655.